The number of H-pyrrole nitrogens is 1. The molecule has 7 heteroatoms. The summed E-state index contributed by atoms with van der Waals surface area (Å²) in [6.45, 7) is 1.91. The van der Waals surface area contributed by atoms with Gasteiger partial charge in [0.05, 0.1) is 11.5 Å². The summed E-state index contributed by atoms with van der Waals surface area (Å²) >= 11 is 3.15. The average molecular weight is 294 g/mol. The highest BCUT2D eigenvalue weighted by Crippen LogP contribution is 2.32. The summed E-state index contributed by atoms with van der Waals surface area (Å²) in [5, 5.41) is 6.65. The predicted molar refractivity (Wildman–Crippen MR) is 59.3 cm³/mol. The number of sulfone groups is 1. The van der Waals surface area contributed by atoms with E-state index in [1.54, 1.807) is 0 Å². The van der Waals surface area contributed by atoms with Crippen LogP contribution in [0, 0.1) is 0 Å². The van der Waals surface area contributed by atoms with E-state index in [-0.39, 0.29) is 11.5 Å². The van der Waals surface area contributed by atoms with Crippen molar-refractivity contribution in [3.63, 3.8) is 0 Å². The Hall–Kier alpha value is -0.430. The van der Waals surface area contributed by atoms with E-state index in [0.717, 1.165) is 6.42 Å². The van der Waals surface area contributed by atoms with Crippen molar-refractivity contribution in [2.45, 2.75) is 25.2 Å². The van der Waals surface area contributed by atoms with Gasteiger partial charge in [0.25, 0.3) is 0 Å². The number of aromatic amines is 1. The lowest BCUT2D eigenvalue weighted by Gasteiger charge is -2.30. The number of hydrogen-bond donors (Lipinski definition) is 1. The Morgan fingerprint density at radius 1 is 1.53 bits per heavy atom. The normalized spacial score (nSPS) is 30.3. The molecule has 1 atom stereocenters. The average Bonchev–Trinajstić information content (AvgIpc) is 2.49. The summed E-state index contributed by atoms with van der Waals surface area (Å²) in [5.41, 5.74) is -0.421. The molecule has 0 saturated carbocycles. The molecule has 0 radical (unpaired) electrons. The summed E-state index contributed by atoms with van der Waals surface area (Å²) < 4.78 is 23.6. The first-order valence-electron chi connectivity index (χ1n) is 4.70. The van der Waals surface area contributed by atoms with Crippen LogP contribution in [0.1, 0.15) is 25.6 Å². The zero-order valence-corrected chi connectivity index (χ0v) is 10.7. The molecule has 1 aromatic rings. The van der Waals surface area contributed by atoms with E-state index in [1.807, 2.05) is 6.92 Å². The van der Waals surface area contributed by atoms with Gasteiger partial charge in [-0.05, 0) is 28.8 Å². The Kier molecular flexibility index (Phi) is 2.62. The van der Waals surface area contributed by atoms with Gasteiger partial charge in [-0.3, -0.25) is 5.10 Å². The van der Waals surface area contributed by atoms with Gasteiger partial charge in [0.15, 0.2) is 9.84 Å². The van der Waals surface area contributed by atoms with Crippen molar-refractivity contribution >= 4 is 25.8 Å². The third-order valence-electron chi connectivity index (χ3n) is 2.75. The molecular formula is C8H12BrN3O2S. The van der Waals surface area contributed by atoms with Crippen molar-refractivity contribution in [3.05, 3.63) is 10.6 Å². The molecule has 0 aromatic carbocycles. The summed E-state index contributed by atoms with van der Waals surface area (Å²) in [7, 11) is -2.93. The van der Waals surface area contributed by atoms with Crippen LogP contribution in [0.4, 0.5) is 0 Å². The maximum Gasteiger partial charge on any atom is 0.217 e. The lowest BCUT2D eigenvalue weighted by molar-refractivity contribution is 0.424. The first-order valence-corrected chi connectivity index (χ1v) is 7.32. The topological polar surface area (TPSA) is 75.7 Å². The summed E-state index contributed by atoms with van der Waals surface area (Å²) in [6.07, 6.45) is 1.52. The zero-order valence-electron chi connectivity index (χ0n) is 8.33. The second kappa shape index (κ2) is 3.55. The zero-order chi connectivity index (χ0) is 11.1. The van der Waals surface area contributed by atoms with E-state index in [1.165, 1.54) is 0 Å². The second-order valence-corrected chi connectivity index (χ2v) is 7.10. The van der Waals surface area contributed by atoms with Gasteiger partial charge in [-0.1, -0.05) is 6.92 Å². The van der Waals surface area contributed by atoms with E-state index in [0.29, 0.717) is 17.0 Å². The van der Waals surface area contributed by atoms with Crippen LogP contribution >= 0.6 is 15.9 Å². The molecule has 1 aliphatic heterocycles. The minimum atomic E-state index is -2.93. The van der Waals surface area contributed by atoms with Gasteiger partial charge < -0.3 is 0 Å². The highest BCUT2D eigenvalue weighted by molar-refractivity contribution is 9.10. The van der Waals surface area contributed by atoms with Crippen LogP contribution in [0.25, 0.3) is 0 Å². The molecule has 2 heterocycles. The fraction of sp³-hybridized carbons (Fsp3) is 0.750. The van der Waals surface area contributed by atoms with E-state index < -0.39 is 15.3 Å². The Morgan fingerprint density at radius 2 is 2.27 bits per heavy atom. The maximum atomic E-state index is 11.6. The van der Waals surface area contributed by atoms with Crippen molar-refractivity contribution in [3.8, 4) is 0 Å². The molecule has 84 valence electrons. The standard InChI is InChI=1S/C8H12BrN3O2S/c1-8(6-10-7(9)12-11-6)3-2-4-15(13,14)5-8/h2-5H2,1H3,(H,10,11,12). The Labute approximate surface area is 96.7 Å². The number of rotatable bonds is 1. The first kappa shape index (κ1) is 11.1. The van der Waals surface area contributed by atoms with Gasteiger partial charge in [0.2, 0.25) is 4.73 Å². The number of nitrogens with one attached hydrogen (secondary N) is 1. The summed E-state index contributed by atoms with van der Waals surface area (Å²) in [4.78, 5) is 4.16. The third kappa shape index (κ3) is 2.23. The van der Waals surface area contributed by atoms with E-state index in [4.69, 9.17) is 0 Å². The van der Waals surface area contributed by atoms with Crippen molar-refractivity contribution in [1.29, 1.82) is 0 Å². The molecule has 1 aliphatic rings. The van der Waals surface area contributed by atoms with E-state index in [9.17, 15) is 8.42 Å². The first-order chi connectivity index (χ1) is 6.91. The van der Waals surface area contributed by atoms with Gasteiger partial charge in [-0.15, -0.1) is 5.10 Å². The molecule has 0 bridgehead atoms. The van der Waals surface area contributed by atoms with Crippen molar-refractivity contribution in [2.75, 3.05) is 11.5 Å². The van der Waals surface area contributed by atoms with Crippen LogP contribution in [0.3, 0.4) is 0 Å². The van der Waals surface area contributed by atoms with Crippen LogP contribution in [0.5, 0.6) is 0 Å². The third-order valence-corrected chi connectivity index (χ3v) is 5.09. The van der Waals surface area contributed by atoms with Gasteiger partial charge in [-0.2, -0.15) is 0 Å². The molecule has 15 heavy (non-hydrogen) atoms. The molecule has 0 spiro atoms. The SMILES string of the molecule is CC1(c2nc(Br)n[nH]2)CCCS(=O)(=O)C1. The fourth-order valence-electron chi connectivity index (χ4n) is 2.01. The van der Waals surface area contributed by atoms with Crippen LogP contribution in [0.15, 0.2) is 4.73 Å². The lowest BCUT2D eigenvalue weighted by Crippen LogP contribution is -2.38. The van der Waals surface area contributed by atoms with Gasteiger partial charge >= 0.3 is 0 Å². The molecule has 0 amide bonds. The van der Waals surface area contributed by atoms with Crippen LogP contribution in [-0.2, 0) is 15.3 Å². The smallest absolute Gasteiger partial charge is 0.217 e. The number of aromatic nitrogens is 3. The van der Waals surface area contributed by atoms with Crippen LogP contribution in [0.2, 0.25) is 0 Å². The molecule has 2 rings (SSSR count). The quantitative estimate of drug-likeness (QED) is 0.839. The number of hydrogen-bond acceptors (Lipinski definition) is 4. The minimum absolute atomic E-state index is 0.154. The minimum Gasteiger partial charge on any atom is -0.262 e. The lowest BCUT2D eigenvalue weighted by atomic mass is 9.86. The summed E-state index contributed by atoms with van der Waals surface area (Å²) in [5.74, 6) is 1.09. The molecule has 5 nitrogen and oxygen atoms in total. The van der Waals surface area contributed by atoms with Crippen molar-refractivity contribution < 1.29 is 8.42 Å². The molecule has 1 unspecified atom stereocenters. The molecule has 1 fully saturated rings. The van der Waals surface area contributed by atoms with Crippen molar-refractivity contribution in [1.82, 2.24) is 15.2 Å². The largest absolute Gasteiger partial charge is 0.262 e. The van der Waals surface area contributed by atoms with Gasteiger partial charge in [0.1, 0.15) is 5.82 Å². The van der Waals surface area contributed by atoms with Crippen LogP contribution < -0.4 is 0 Å². The summed E-state index contributed by atoms with van der Waals surface area (Å²) in [6, 6.07) is 0. The Morgan fingerprint density at radius 3 is 2.80 bits per heavy atom. The molecule has 1 saturated heterocycles. The van der Waals surface area contributed by atoms with Crippen molar-refractivity contribution in [2.24, 2.45) is 0 Å². The number of halogens is 1. The molecule has 1 aromatic heterocycles. The molecule has 1 N–H and O–H groups in total. The second-order valence-electron chi connectivity index (χ2n) is 4.21. The fourth-order valence-corrected chi connectivity index (χ4v) is 4.26. The molecular weight excluding hydrogens is 282 g/mol. The maximum absolute atomic E-state index is 11.6. The Balaban J connectivity index is 2.34. The van der Waals surface area contributed by atoms with Gasteiger partial charge in [0, 0.05) is 5.41 Å². The van der Waals surface area contributed by atoms with Gasteiger partial charge in [-0.25, -0.2) is 13.4 Å². The Bertz CT molecular complexity index is 470. The highest BCUT2D eigenvalue weighted by atomic mass is 79.9. The van der Waals surface area contributed by atoms with Crippen LogP contribution in [-0.4, -0.2) is 35.1 Å². The molecule has 0 aliphatic carbocycles. The highest BCUT2D eigenvalue weighted by Gasteiger charge is 2.38. The van der Waals surface area contributed by atoms with E-state index in [2.05, 4.69) is 31.1 Å². The van der Waals surface area contributed by atoms with E-state index >= 15 is 0 Å². The predicted octanol–water partition coefficient (Wildman–Crippen LogP) is 1.03. The monoisotopic (exact) mass is 293 g/mol. The number of nitrogens with zero attached hydrogens (tertiary/aromatic N) is 2.